The monoisotopic (exact) mass is 275 g/mol. The maximum absolute atomic E-state index is 13.6. The van der Waals surface area contributed by atoms with Crippen molar-refractivity contribution in [3.63, 3.8) is 0 Å². The maximum atomic E-state index is 13.6. The van der Waals surface area contributed by atoms with Crippen LogP contribution in [0.15, 0.2) is 30.5 Å². The van der Waals surface area contributed by atoms with E-state index in [0.29, 0.717) is 11.7 Å². The molecule has 106 valence electrons. The Bertz CT molecular complexity index is 558. The molecular weight excluding hydrogens is 257 g/mol. The van der Waals surface area contributed by atoms with Gasteiger partial charge in [0.15, 0.2) is 0 Å². The molecule has 0 saturated heterocycles. The summed E-state index contributed by atoms with van der Waals surface area (Å²) in [6.07, 6.45) is 3.00. The van der Waals surface area contributed by atoms with Gasteiger partial charge in [-0.2, -0.15) is 9.37 Å². The Balaban J connectivity index is 2.14. The van der Waals surface area contributed by atoms with Gasteiger partial charge in [0.25, 0.3) is 5.88 Å². The van der Waals surface area contributed by atoms with E-state index in [9.17, 15) is 4.39 Å². The van der Waals surface area contributed by atoms with E-state index in [1.807, 2.05) is 19.1 Å². The number of nitrogens with zero attached hydrogens (tertiary/aromatic N) is 2. The fraction of sp³-hybridized carbons (Fsp3) is 0.333. The molecule has 0 aliphatic heterocycles. The van der Waals surface area contributed by atoms with Crippen molar-refractivity contribution >= 4 is 5.95 Å². The number of ether oxygens (including phenoxy) is 1. The van der Waals surface area contributed by atoms with Gasteiger partial charge in [0.2, 0.25) is 11.8 Å². The Morgan fingerprint density at radius 1 is 1.20 bits per heavy atom. The molecule has 20 heavy (non-hydrogen) atoms. The number of rotatable bonds is 6. The van der Waals surface area contributed by atoms with Gasteiger partial charge in [0.05, 0.1) is 6.20 Å². The first kappa shape index (κ1) is 14.2. The van der Waals surface area contributed by atoms with Gasteiger partial charge in [-0.15, -0.1) is 0 Å². The minimum absolute atomic E-state index is 0.0668. The highest BCUT2D eigenvalue weighted by atomic mass is 19.1. The van der Waals surface area contributed by atoms with Crippen molar-refractivity contribution in [2.24, 2.45) is 0 Å². The molecular formula is C15H18FN3O. The smallest absolute Gasteiger partial charge is 0.260 e. The third kappa shape index (κ3) is 3.66. The van der Waals surface area contributed by atoms with Crippen LogP contribution in [0.25, 0.3) is 0 Å². The average Bonchev–Trinajstić information content (AvgIpc) is 2.49. The molecule has 0 atom stereocenters. The Morgan fingerprint density at radius 2 is 1.95 bits per heavy atom. The van der Waals surface area contributed by atoms with E-state index >= 15 is 0 Å². The van der Waals surface area contributed by atoms with Crippen molar-refractivity contribution in [2.75, 3.05) is 11.9 Å². The SMILES string of the molecule is CCCNc1ncc(F)c(Oc2ccc(CC)cc2)n1. The second kappa shape index (κ2) is 6.84. The number of benzene rings is 1. The normalized spacial score (nSPS) is 10.3. The summed E-state index contributed by atoms with van der Waals surface area (Å²) >= 11 is 0. The molecule has 0 aliphatic rings. The van der Waals surface area contributed by atoms with Crippen LogP contribution >= 0.6 is 0 Å². The summed E-state index contributed by atoms with van der Waals surface area (Å²) in [7, 11) is 0. The Kier molecular flexibility index (Phi) is 4.87. The summed E-state index contributed by atoms with van der Waals surface area (Å²) in [6.45, 7) is 4.84. The second-order valence-corrected chi connectivity index (χ2v) is 4.37. The van der Waals surface area contributed by atoms with Gasteiger partial charge in [-0.25, -0.2) is 4.98 Å². The molecule has 4 nitrogen and oxygen atoms in total. The molecule has 2 rings (SSSR count). The van der Waals surface area contributed by atoms with Crippen LogP contribution in [-0.4, -0.2) is 16.5 Å². The van der Waals surface area contributed by atoms with E-state index in [2.05, 4.69) is 22.2 Å². The van der Waals surface area contributed by atoms with Gasteiger partial charge in [0.1, 0.15) is 5.75 Å². The van der Waals surface area contributed by atoms with E-state index in [0.717, 1.165) is 25.6 Å². The van der Waals surface area contributed by atoms with E-state index in [1.165, 1.54) is 5.56 Å². The zero-order valence-corrected chi connectivity index (χ0v) is 11.7. The number of hydrogen-bond acceptors (Lipinski definition) is 4. The van der Waals surface area contributed by atoms with Crippen molar-refractivity contribution in [1.82, 2.24) is 9.97 Å². The molecule has 1 heterocycles. The largest absolute Gasteiger partial charge is 0.436 e. The van der Waals surface area contributed by atoms with Crippen LogP contribution in [0.1, 0.15) is 25.8 Å². The number of aromatic nitrogens is 2. The highest BCUT2D eigenvalue weighted by Crippen LogP contribution is 2.23. The van der Waals surface area contributed by atoms with Crippen molar-refractivity contribution in [3.05, 3.63) is 41.8 Å². The molecule has 0 spiro atoms. The van der Waals surface area contributed by atoms with E-state index < -0.39 is 5.82 Å². The van der Waals surface area contributed by atoms with E-state index in [1.54, 1.807) is 12.1 Å². The van der Waals surface area contributed by atoms with Crippen LogP contribution in [0, 0.1) is 5.82 Å². The average molecular weight is 275 g/mol. The molecule has 0 fully saturated rings. The number of hydrogen-bond donors (Lipinski definition) is 1. The summed E-state index contributed by atoms with van der Waals surface area (Å²) < 4.78 is 19.1. The Labute approximate surface area is 118 Å². The molecule has 2 aromatic rings. The number of aryl methyl sites for hydroxylation is 1. The minimum atomic E-state index is -0.577. The van der Waals surface area contributed by atoms with Gasteiger partial charge in [-0.3, -0.25) is 0 Å². The lowest BCUT2D eigenvalue weighted by Crippen LogP contribution is -2.05. The number of anilines is 1. The van der Waals surface area contributed by atoms with Gasteiger partial charge in [-0.05, 0) is 30.5 Å². The third-order valence-electron chi connectivity index (χ3n) is 2.79. The lowest BCUT2D eigenvalue weighted by Gasteiger charge is -2.08. The first-order chi connectivity index (χ1) is 9.72. The summed E-state index contributed by atoms with van der Waals surface area (Å²) in [5.41, 5.74) is 1.20. The highest BCUT2D eigenvalue weighted by molar-refractivity contribution is 5.33. The molecule has 0 bridgehead atoms. The van der Waals surface area contributed by atoms with E-state index in [4.69, 9.17) is 4.74 Å². The van der Waals surface area contributed by atoms with Crippen LogP contribution in [0.2, 0.25) is 0 Å². The molecule has 0 amide bonds. The summed E-state index contributed by atoms with van der Waals surface area (Å²) in [5, 5.41) is 3.00. The van der Waals surface area contributed by atoms with Crippen LogP contribution in [0.4, 0.5) is 10.3 Å². The predicted octanol–water partition coefficient (Wildman–Crippen LogP) is 3.79. The standard InChI is InChI=1S/C15H18FN3O/c1-3-9-17-15-18-10-13(16)14(19-15)20-12-7-5-11(4-2)6-8-12/h5-8,10H,3-4,9H2,1-2H3,(H,17,18,19). The molecule has 5 heteroatoms. The number of halogens is 1. The highest BCUT2D eigenvalue weighted by Gasteiger charge is 2.09. The lowest BCUT2D eigenvalue weighted by molar-refractivity contribution is 0.420. The summed E-state index contributed by atoms with van der Waals surface area (Å²) in [4.78, 5) is 7.90. The van der Waals surface area contributed by atoms with Gasteiger partial charge in [-0.1, -0.05) is 26.0 Å². The lowest BCUT2D eigenvalue weighted by atomic mass is 10.2. The van der Waals surface area contributed by atoms with Crippen molar-refractivity contribution in [3.8, 4) is 11.6 Å². The minimum Gasteiger partial charge on any atom is -0.436 e. The van der Waals surface area contributed by atoms with Crippen LogP contribution in [0.3, 0.4) is 0 Å². The molecule has 1 aromatic carbocycles. The van der Waals surface area contributed by atoms with Crippen LogP contribution < -0.4 is 10.1 Å². The quantitative estimate of drug-likeness (QED) is 0.871. The maximum Gasteiger partial charge on any atom is 0.260 e. The zero-order chi connectivity index (χ0) is 14.4. The molecule has 0 unspecified atom stereocenters. The van der Waals surface area contributed by atoms with E-state index in [-0.39, 0.29) is 5.88 Å². The topological polar surface area (TPSA) is 47.0 Å². The fourth-order valence-corrected chi connectivity index (χ4v) is 1.65. The van der Waals surface area contributed by atoms with Crippen molar-refractivity contribution in [2.45, 2.75) is 26.7 Å². The molecule has 0 radical (unpaired) electrons. The van der Waals surface area contributed by atoms with Crippen LogP contribution in [-0.2, 0) is 6.42 Å². The molecule has 1 N–H and O–H groups in total. The Hall–Kier alpha value is -2.17. The molecule has 1 aromatic heterocycles. The van der Waals surface area contributed by atoms with Crippen molar-refractivity contribution in [1.29, 1.82) is 0 Å². The van der Waals surface area contributed by atoms with Gasteiger partial charge < -0.3 is 10.1 Å². The summed E-state index contributed by atoms with van der Waals surface area (Å²) in [5.74, 6) is 0.282. The summed E-state index contributed by atoms with van der Waals surface area (Å²) in [6, 6.07) is 7.51. The van der Waals surface area contributed by atoms with Gasteiger partial charge in [0, 0.05) is 6.54 Å². The fourth-order valence-electron chi connectivity index (χ4n) is 1.65. The first-order valence-corrected chi connectivity index (χ1v) is 6.76. The second-order valence-electron chi connectivity index (χ2n) is 4.37. The Morgan fingerprint density at radius 3 is 2.60 bits per heavy atom. The number of nitrogens with one attached hydrogen (secondary N) is 1. The van der Waals surface area contributed by atoms with Gasteiger partial charge >= 0.3 is 0 Å². The molecule has 0 aliphatic carbocycles. The van der Waals surface area contributed by atoms with Crippen molar-refractivity contribution < 1.29 is 9.13 Å². The predicted molar refractivity (Wildman–Crippen MR) is 76.7 cm³/mol. The zero-order valence-electron chi connectivity index (χ0n) is 11.7. The third-order valence-corrected chi connectivity index (χ3v) is 2.79. The molecule has 0 saturated carbocycles. The first-order valence-electron chi connectivity index (χ1n) is 6.76. The van der Waals surface area contributed by atoms with Crippen LogP contribution in [0.5, 0.6) is 11.6 Å².